The molecule has 2 N–H and O–H groups in total. The minimum absolute atomic E-state index is 0.137. The molecule has 2 rings (SSSR count). The van der Waals surface area contributed by atoms with Gasteiger partial charge in [-0.25, -0.2) is 4.98 Å². The van der Waals surface area contributed by atoms with Crippen LogP contribution in [0.1, 0.15) is 24.8 Å². The molecule has 1 saturated carbocycles. The molecule has 0 unspecified atom stereocenters. The summed E-state index contributed by atoms with van der Waals surface area (Å²) in [5, 5.41) is 11.7. The lowest BCUT2D eigenvalue weighted by Crippen LogP contribution is -2.22. The van der Waals surface area contributed by atoms with Gasteiger partial charge in [-0.15, -0.1) is 0 Å². The van der Waals surface area contributed by atoms with Crippen molar-refractivity contribution in [2.24, 2.45) is 11.8 Å². The number of carbonyl (C=O) groups excluding carboxylic acids is 1. The van der Waals surface area contributed by atoms with Crippen molar-refractivity contribution in [1.82, 2.24) is 4.98 Å². The SMILES string of the molecule is Cc1cc(Br)cnc1NC(=O)[C@@H]1CC[C@H](C(=O)O)C1. The van der Waals surface area contributed by atoms with E-state index in [-0.39, 0.29) is 11.8 Å². The molecule has 1 heterocycles. The molecule has 0 spiro atoms. The van der Waals surface area contributed by atoms with Gasteiger partial charge in [0.25, 0.3) is 0 Å². The molecule has 2 atom stereocenters. The van der Waals surface area contributed by atoms with Crippen molar-refractivity contribution in [2.75, 3.05) is 5.32 Å². The molecule has 1 fully saturated rings. The van der Waals surface area contributed by atoms with Gasteiger partial charge in [0.05, 0.1) is 5.92 Å². The number of nitrogens with one attached hydrogen (secondary N) is 1. The summed E-state index contributed by atoms with van der Waals surface area (Å²) in [4.78, 5) is 27.1. The molecule has 5 nitrogen and oxygen atoms in total. The van der Waals surface area contributed by atoms with E-state index in [1.54, 1.807) is 6.20 Å². The number of hydrogen-bond acceptors (Lipinski definition) is 3. The van der Waals surface area contributed by atoms with Crippen molar-refractivity contribution in [3.63, 3.8) is 0 Å². The summed E-state index contributed by atoms with van der Waals surface area (Å²) < 4.78 is 0.856. The number of carboxylic acid groups (broad SMARTS) is 1. The number of carbonyl (C=O) groups is 2. The molecule has 0 bridgehead atoms. The zero-order chi connectivity index (χ0) is 14.0. The number of halogens is 1. The number of amides is 1. The minimum Gasteiger partial charge on any atom is -0.481 e. The molecule has 1 aromatic heterocycles. The molecule has 0 radical (unpaired) electrons. The van der Waals surface area contributed by atoms with E-state index >= 15 is 0 Å². The van der Waals surface area contributed by atoms with Crippen molar-refractivity contribution in [2.45, 2.75) is 26.2 Å². The van der Waals surface area contributed by atoms with Crippen LogP contribution in [0.5, 0.6) is 0 Å². The van der Waals surface area contributed by atoms with Crippen molar-refractivity contribution < 1.29 is 14.7 Å². The topological polar surface area (TPSA) is 79.3 Å². The molecule has 1 aliphatic carbocycles. The summed E-state index contributed by atoms with van der Waals surface area (Å²) >= 11 is 3.31. The lowest BCUT2D eigenvalue weighted by molar-refractivity contribution is -0.141. The van der Waals surface area contributed by atoms with Gasteiger partial charge in [-0.05, 0) is 53.7 Å². The predicted molar refractivity (Wildman–Crippen MR) is 73.8 cm³/mol. The van der Waals surface area contributed by atoms with Crippen molar-refractivity contribution in [3.8, 4) is 0 Å². The maximum absolute atomic E-state index is 12.1. The van der Waals surface area contributed by atoms with Gasteiger partial charge in [0.2, 0.25) is 5.91 Å². The van der Waals surface area contributed by atoms with Crippen LogP contribution in [0.15, 0.2) is 16.7 Å². The third kappa shape index (κ3) is 3.32. The fourth-order valence-corrected chi connectivity index (χ4v) is 2.78. The standard InChI is InChI=1S/C13H15BrN2O3/c1-7-4-10(14)6-15-11(7)16-12(17)8-2-3-9(5-8)13(18)19/h4,6,8-9H,2-3,5H2,1H3,(H,18,19)(H,15,16,17)/t8-,9+/m1/s1. The highest BCUT2D eigenvalue weighted by Gasteiger charge is 2.34. The Morgan fingerprint density at radius 2 is 2.11 bits per heavy atom. The largest absolute Gasteiger partial charge is 0.481 e. The Morgan fingerprint density at radius 3 is 2.68 bits per heavy atom. The zero-order valence-electron chi connectivity index (χ0n) is 10.5. The third-order valence-corrected chi connectivity index (χ3v) is 3.87. The van der Waals surface area contributed by atoms with Crippen molar-refractivity contribution in [3.05, 3.63) is 22.3 Å². The fraction of sp³-hybridized carbons (Fsp3) is 0.462. The molecule has 1 amide bonds. The number of pyridine rings is 1. The van der Waals surface area contributed by atoms with E-state index in [9.17, 15) is 9.59 Å². The number of aromatic nitrogens is 1. The Hall–Kier alpha value is -1.43. The van der Waals surface area contributed by atoms with E-state index in [0.29, 0.717) is 25.1 Å². The quantitative estimate of drug-likeness (QED) is 0.894. The highest BCUT2D eigenvalue weighted by molar-refractivity contribution is 9.10. The van der Waals surface area contributed by atoms with Crippen molar-refractivity contribution >= 4 is 33.6 Å². The fourth-order valence-electron chi connectivity index (χ4n) is 2.33. The van der Waals surface area contributed by atoms with Gasteiger partial charge in [-0.2, -0.15) is 0 Å². The Balaban J connectivity index is 2.00. The smallest absolute Gasteiger partial charge is 0.306 e. The first-order valence-corrected chi connectivity index (χ1v) is 6.92. The second kappa shape index (κ2) is 5.69. The highest BCUT2D eigenvalue weighted by Crippen LogP contribution is 2.32. The van der Waals surface area contributed by atoms with Gasteiger partial charge in [-0.3, -0.25) is 9.59 Å². The van der Waals surface area contributed by atoms with Gasteiger partial charge in [0, 0.05) is 16.6 Å². The number of nitrogens with zero attached hydrogens (tertiary/aromatic N) is 1. The maximum atomic E-state index is 12.1. The molecular weight excluding hydrogens is 312 g/mol. The molecule has 102 valence electrons. The molecule has 6 heteroatoms. The maximum Gasteiger partial charge on any atom is 0.306 e. The van der Waals surface area contributed by atoms with Crippen molar-refractivity contribution in [1.29, 1.82) is 0 Å². The number of aryl methyl sites for hydroxylation is 1. The van der Waals surface area contributed by atoms with Crippen LogP contribution >= 0.6 is 15.9 Å². The Kier molecular flexibility index (Phi) is 4.19. The summed E-state index contributed by atoms with van der Waals surface area (Å²) in [6.45, 7) is 1.86. The van der Waals surface area contributed by atoms with Gasteiger partial charge in [-0.1, -0.05) is 0 Å². The van der Waals surface area contributed by atoms with E-state index in [2.05, 4.69) is 26.2 Å². The van der Waals surface area contributed by atoms with E-state index in [0.717, 1.165) is 10.0 Å². The van der Waals surface area contributed by atoms with Gasteiger partial charge in [0.1, 0.15) is 5.82 Å². The lowest BCUT2D eigenvalue weighted by Gasteiger charge is -2.12. The molecule has 0 saturated heterocycles. The first kappa shape index (κ1) is 14.0. The van der Waals surface area contributed by atoms with Gasteiger partial charge >= 0.3 is 5.97 Å². The van der Waals surface area contributed by atoms with Crippen LogP contribution in [0, 0.1) is 18.8 Å². The number of hydrogen-bond donors (Lipinski definition) is 2. The summed E-state index contributed by atoms with van der Waals surface area (Å²) in [6.07, 6.45) is 3.23. The predicted octanol–water partition coefficient (Wildman–Crippen LogP) is 2.59. The number of aliphatic carboxylic acids is 1. The van der Waals surface area contributed by atoms with Crippen LogP contribution < -0.4 is 5.32 Å². The average molecular weight is 327 g/mol. The lowest BCUT2D eigenvalue weighted by atomic mass is 10.0. The number of anilines is 1. The molecule has 19 heavy (non-hydrogen) atoms. The van der Waals surface area contributed by atoms with Crippen LogP contribution in [0.3, 0.4) is 0 Å². The van der Waals surface area contributed by atoms with E-state index in [1.165, 1.54) is 0 Å². The Labute approximate surface area is 119 Å². The Bertz CT molecular complexity index is 519. The summed E-state index contributed by atoms with van der Waals surface area (Å²) in [5.41, 5.74) is 0.871. The molecule has 0 aliphatic heterocycles. The summed E-state index contributed by atoms with van der Waals surface area (Å²) in [5.74, 6) is -1.04. The summed E-state index contributed by atoms with van der Waals surface area (Å²) in [7, 11) is 0. The highest BCUT2D eigenvalue weighted by atomic mass is 79.9. The van der Waals surface area contributed by atoms with E-state index in [1.807, 2.05) is 13.0 Å². The number of carboxylic acids is 1. The first-order chi connectivity index (χ1) is 8.97. The Morgan fingerprint density at radius 1 is 1.42 bits per heavy atom. The van der Waals surface area contributed by atoms with Crippen LogP contribution in [-0.4, -0.2) is 22.0 Å². The van der Waals surface area contributed by atoms with Crippen LogP contribution in [-0.2, 0) is 9.59 Å². The minimum atomic E-state index is -0.812. The van der Waals surface area contributed by atoms with Crippen LogP contribution in [0.25, 0.3) is 0 Å². The molecule has 0 aromatic carbocycles. The summed E-state index contributed by atoms with van der Waals surface area (Å²) in [6, 6.07) is 1.87. The van der Waals surface area contributed by atoms with Gasteiger partial charge in [0.15, 0.2) is 0 Å². The molecule has 1 aromatic rings. The van der Waals surface area contributed by atoms with E-state index < -0.39 is 11.9 Å². The van der Waals surface area contributed by atoms with Crippen LogP contribution in [0.2, 0.25) is 0 Å². The second-order valence-electron chi connectivity index (χ2n) is 4.85. The zero-order valence-corrected chi connectivity index (χ0v) is 12.1. The molecular formula is C13H15BrN2O3. The molecule has 1 aliphatic rings. The first-order valence-electron chi connectivity index (χ1n) is 6.13. The second-order valence-corrected chi connectivity index (χ2v) is 5.77. The normalized spacial score (nSPS) is 22.2. The van der Waals surface area contributed by atoms with E-state index in [4.69, 9.17) is 5.11 Å². The number of rotatable bonds is 3. The third-order valence-electron chi connectivity index (χ3n) is 3.44. The van der Waals surface area contributed by atoms with Crippen LogP contribution in [0.4, 0.5) is 5.82 Å². The van der Waals surface area contributed by atoms with Gasteiger partial charge < -0.3 is 10.4 Å². The monoisotopic (exact) mass is 326 g/mol. The average Bonchev–Trinajstić information content (AvgIpc) is 2.82.